The van der Waals surface area contributed by atoms with Gasteiger partial charge in [-0.2, -0.15) is 0 Å². The number of thiophene rings is 1. The van der Waals surface area contributed by atoms with Crippen LogP contribution in [0.5, 0.6) is 0 Å². The minimum atomic E-state index is -3.51. The zero-order chi connectivity index (χ0) is 15.5. The van der Waals surface area contributed by atoms with Crippen molar-refractivity contribution in [1.29, 1.82) is 0 Å². The number of hydrogen-bond donors (Lipinski definition) is 1. The SMILES string of the molecule is CCc1ccc(S(=O)(=O)NCc2nccc(N(C)C)n2)s1. The highest BCUT2D eigenvalue weighted by Crippen LogP contribution is 2.21. The van der Waals surface area contributed by atoms with Crippen molar-refractivity contribution in [3.05, 3.63) is 35.1 Å². The van der Waals surface area contributed by atoms with Gasteiger partial charge in [0.1, 0.15) is 15.9 Å². The summed E-state index contributed by atoms with van der Waals surface area (Å²) in [5.74, 6) is 1.18. The normalized spacial score (nSPS) is 11.6. The zero-order valence-corrected chi connectivity index (χ0v) is 13.8. The van der Waals surface area contributed by atoms with Crippen molar-refractivity contribution >= 4 is 27.2 Å². The van der Waals surface area contributed by atoms with Gasteiger partial charge in [-0.1, -0.05) is 6.92 Å². The van der Waals surface area contributed by atoms with Gasteiger partial charge < -0.3 is 4.90 Å². The summed E-state index contributed by atoms with van der Waals surface area (Å²) < 4.78 is 27.2. The van der Waals surface area contributed by atoms with E-state index in [9.17, 15) is 8.42 Å². The number of hydrogen-bond acceptors (Lipinski definition) is 6. The van der Waals surface area contributed by atoms with Crippen LogP contribution in [-0.2, 0) is 23.0 Å². The lowest BCUT2D eigenvalue weighted by molar-refractivity contribution is 0.581. The molecule has 0 amide bonds. The van der Waals surface area contributed by atoms with Crippen molar-refractivity contribution in [2.75, 3.05) is 19.0 Å². The van der Waals surface area contributed by atoms with Crippen LogP contribution in [0.4, 0.5) is 5.82 Å². The van der Waals surface area contributed by atoms with E-state index in [2.05, 4.69) is 14.7 Å². The Hall–Kier alpha value is -1.51. The molecule has 2 aromatic heterocycles. The van der Waals surface area contributed by atoms with Crippen LogP contribution in [0, 0.1) is 0 Å². The van der Waals surface area contributed by atoms with Gasteiger partial charge in [0.2, 0.25) is 10.0 Å². The minimum Gasteiger partial charge on any atom is -0.363 e. The molecule has 0 radical (unpaired) electrons. The molecule has 0 atom stereocenters. The fourth-order valence-corrected chi connectivity index (χ4v) is 3.97. The third-order valence-electron chi connectivity index (χ3n) is 2.82. The summed E-state index contributed by atoms with van der Waals surface area (Å²) in [6.45, 7) is 2.07. The van der Waals surface area contributed by atoms with Gasteiger partial charge in [-0.3, -0.25) is 0 Å². The highest BCUT2D eigenvalue weighted by Gasteiger charge is 2.17. The summed E-state index contributed by atoms with van der Waals surface area (Å²) in [5.41, 5.74) is 0. The maximum absolute atomic E-state index is 12.2. The van der Waals surface area contributed by atoms with Gasteiger partial charge in [0.05, 0.1) is 6.54 Å². The van der Waals surface area contributed by atoms with E-state index < -0.39 is 10.0 Å². The molecule has 0 aromatic carbocycles. The molecule has 0 fully saturated rings. The second kappa shape index (κ2) is 6.50. The number of nitrogens with zero attached hydrogens (tertiary/aromatic N) is 3. The summed E-state index contributed by atoms with van der Waals surface area (Å²) in [7, 11) is 0.233. The van der Waals surface area contributed by atoms with Crippen molar-refractivity contribution in [3.63, 3.8) is 0 Å². The third-order valence-corrected chi connectivity index (χ3v) is 5.94. The second-order valence-electron chi connectivity index (χ2n) is 4.62. The van der Waals surface area contributed by atoms with Crippen LogP contribution in [0.1, 0.15) is 17.6 Å². The van der Waals surface area contributed by atoms with E-state index >= 15 is 0 Å². The average Bonchev–Trinajstić information content (AvgIpc) is 2.95. The molecule has 0 bridgehead atoms. The molecule has 0 aliphatic carbocycles. The molecule has 0 spiro atoms. The lowest BCUT2D eigenvalue weighted by Crippen LogP contribution is -2.24. The molecular formula is C13H18N4O2S2. The van der Waals surface area contributed by atoms with E-state index in [1.807, 2.05) is 32.0 Å². The Balaban J connectivity index is 2.09. The molecule has 2 rings (SSSR count). The third kappa shape index (κ3) is 3.99. The molecule has 0 saturated carbocycles. The van der Waals surface area contributed by atoms with E-state index in [-0.39, 0.29) is 6.54 Å². The Labute approximate surface area is 128 Å². The smallest absolute Gasteiger partial charge is 0.250 e. The van der Waals surface area contributed by atoms with Crippen LogP contribution in [0.25, 0.3) is 0 Å². The maximum Gasteiger partial charge on any atom is 0.250 e. The van der Waals surface area contributed by atoms with Gasteiger partial charge >= 0.3 is 0 Å². The van der Waals surface area contributed by atoms with Gasteiger partial charge in [0, 0.05) is 25.2 Å². The van der Waals surface area contributed by atoms with Crippen LogP contribution >= 0.6 is 11.3 Å². The van der Waals surface area contributed by atoms with Crippen LogP contribution in [-0.4, -0.2) is 32.5 Å². The van der Waals surface area contributed by atoms with Crippen LogP contribution in [0.3, 0.4) is 0 Å². The Kier molecular flexibility index (Phi) is 4.92. The number of nitrogens with one attached hydrogen (secondary N) is 1. The first-order chi connectivity index (χ1) is 9.92. The number of aromatic nitrogens is 2. The Morgan fingerprint density at radius 1 is 1.29 bits per heavy atom. The molecule has 2 heterocycles. The number of rotatable bonds is 6. The topological polar surface area (TPSA) is 75.2 Å². The van der Waals surface area contributed by atoms with Gasteiger partial charge in [0.25, 0.3) is 0 Å². The van der Waals surface area contributed by atoms with Crippen molar-refractivity contribution in [2.24, 2.45) is 0 Å². The molecule has 0 aliphatic rings. The Morgan fingerprint density at radius 2 is 2.05 bits per heavy atom. The van der Waals surface area contributed by atoms with E-state index in [1.54, 1.807) is 18.3 Å². The van der Waals surface area contributed by atoms with Gasteiger partial charge in [0.15, 0.2) is 0 Å². The lowest BCUT2D eigenvalue weighted by Gasteiger charge is -2.11. The summed E-state index contributed by atoms with van der Waals surface area (Å²) in [6, 6.07) is 5.23. The monoisotopic (exact) mass is 326 g/mol. The summed E-state index contributed by atoms with van der Waals surface area (Å²) in [4.78, 5) is 11.2. The Morgan fingerprint density at radius 3 is 2.67 bits per heavy atom. The van der Waals surface area contributed by atoms with E-state index in [4.69, 9.17) is 0 Å². The van der Waals surface area contributed by atoms with E-state index in [0.29, 0.717) is 10.0 Å². The molecule has 114 valence electrons. The largest absolute Gasteiger partial charge is 0.363 e. The summed E-state index contributed by atoms with van der Waals surface area (Å²) in [5, 5.41) is 0. The first-order valence-corrected chi connectivity index (χ1v) is 8.80. The number of anilines is 1. The predicted molar refractivity (Wildman–Crippen MR) is 84.1 cm³/mol. The quantitative estimate of drug-likeness (QED) is 0.873. The molecule has 8 heteroatoms. The summed E-state index contributed by atoms with van der Waals surface area (Å²) >= 11 is 1.28. The van der Waals surface area contributed by atoms with Crippen molar-refractivity contribution < 1.29 is 8.42 Å². The van der Waals surface area contributed by atoms with Gasteiger partial charge in [-0.15, -0.1) is 11.3 Å². The molecule has 2 aromatic rings. The average molecular weight is 326 g/mol. The van der Waals surface area contributed by atoms with Crippen molar-refractivity contribution in [3.8, 4) is 0 Å². The van der Waals surface area contributed by atoms with Crippen molar-refractivity contribution in [1.82, 2.24) is 14.7 Å². The molecule has 1 N–H and O–H groups in total. The molecule has 0 saturated heterocycles. The van der Waals surface area contributed by atoms with Gasteiger partial charge in [-0.25, -0.2) is 23.1 Å². The van der Waals surface area contributed by atoms with E-state index in [0.717, 1.165) is 17.1 Å². The minimum absolute atomic E-state index is 0.0728. The fraction of sp³-hybridized carbons (Fsp3) is 0.385. The number of aryl methyl sites for hydroxylation is 1. The lowest BCUT2D eigenvalue weighted by atomic mass is 10.4. The fourth-order valence-electron chi connectivity index (χ4n) is 1.65. The van der Waals surface area contributed by atoms with Crippen molar-refractivity contribution in [2.45, 2.75) is 24.1 Å². The highest BCUT2D eigenvalue weighted by molar-refractivity contribution is 7.91. The zero-order valence-electron chi connectivity index (χ0n) is 12.2. The van der Waals surface area contributed by atoms with Crippen LogP contribution in [0.2, 0.25) is 0 Å². The predicted octanol–water partition coefficient (Wildman–Crippen LogP) is 1.65. The summed E-state index contributed by atoms with van der Waals surface area (Å²) in [6.07, 6.45) is 2.44. The van der Waals surface area contributed by atoms with Crippen LogP contribution in [0.15, 0.2) is 28.6 Å². The standard InChI is InChI=1S/C13H18N4O2S2/c1-4-10-5-6-13(20-10)21(18,19)15-9-11-14-8-7-12(16-11)17(2)3/h5-8,15H,4,9H2,1-3H3. The molecule has 0 unspecified atom stereocenters. The molecular weight excluding hydrogens is 308 g/mol. The molecule has 6 nitrogen and oxygen atoms in total. The highest BCUT2D eigenvalue weighted by atomic mass is 32.2. The van der Waals surface area contributed by atoms with E-state index in [1.165, 1.54) is 11.3 Å². The molecule has 0 aliphatic heterocycles. The van der Waals surface area contributed by atoms with Gasteiger partial charge in [-0.05, 0) is 24.6 Å². The van der Waals surface area contributed by atoms with Crippen LogP contribution < -0.4 is 9.62 Å². The maximum atomic E-state index is 12.2. The Bertz CT molecular complexity index is 710. The number of sulfonamides is 1. The first-order valence-electron chi connectivity index (χ1n) is 6.50. The molecule has 21 heavy (non-hydrogen) atoms. The first kappa shape index (κ1) is 15.9. The second-order valence-corrected chi connectivity index (χ2v) is 7.79.